The number of aromatic nitrogens is 2. The van der Waals surface area contributed by atoms with Gasteiger partial charge < -0.3 is 19.3 Å². The van der Waals surface area contributed by atoms with Gasteiger partial charge in [0.25, 0.3) is 0 Å². The molecule has 1 aliphatic rings. The number of carbonyl (C=O) groups is 1. The third-order valence-corrected chi connectivity index (χ3v) is 23.1. The number of aliphatic hydroxyl groups is 1. The highest BCUT2D eigenvalue weighted by atomic mass is 35.5. The molecule has 1 aromatic carbocycles. The first-order chi connectivity index (χ1) is 22.8. The van der Waals surface area contributed by atoms with Crippen LogP contribution in [0.3, 0.4) is 0 Å². The Kier molecular flexibility index (Phi) is 13.1. The Morgan fingerprint density at radius 3 is 2.31 bits per heavy atom. The number of nitrogens with one attached hydrogen (secondary N) is 1. The molecule has 0 unspecified atom stereocenters. The number of hydrogen-bond acceptors (Lipinski definition) is 8. The summed E-state index contributed by atoms with van der Waals surface area (Å²) in [6.07, 6.45) is 3.67. The van der Waals surface area contributed by atoms with E-state index in [2.05, 4.69) is 90.7 Å². The van der Waals surface area contributed by atoms with E-state index in [1.807, 2.05) is 0 Å². The topological polar surface area (TPSA) is 93.6 Å². The van der Waals surface area contributed by atoms with Crippen LogP contribution in [0.15, 0.2) is 42.9 Å². The summed E-state index contributed by atoms with van der Waals surface area (Å²) in [7, 11) is -4.15. The van der Waals surface area contributed by atoms with Gasteiger partial charge in [0.05, 0.1) is 20.9 Å². The lowest BCUT2D eigenvalue weighted by Crippen LogP contribution is -2.51. The minimum Gasteiger partial charge on any atom is -0.416 e. The Balaban J connectivity index is 1.60. The molecule has 4 rings (SSSR count). The first-order valence-corrected chi connectivity index (χ1v) is 24.1. The first-order valence-electron chi connectivity index (χ1n) is 17.4. The van der Waals surface area contributed by atoms with E-state index in [1.165, 1.54) is 6.33 Å². The zero-order valence-electron chi connectivity index (χ0n) is 30.9. The molecule has 270 valence electrons. The average Bonchev–Trinajstić information content (AvgIpc) is 3.59. The van der Waals surface area contributed by atoms with Gasteiger partial charge in [0.2, 0.25) is 14.1 Å². The van der Waals surface area contributed by atoms with Crippen molar-refractivity contribution in [2.75, 3.05) is 11.9 Å². The maximum atomic E-state index is 14.0. The lowest BCUT2D eigenvalue weighted by atomic mass is 10.0. The second-order valence-electron chi connectivity index (χ2n) is 16.0. The van der Waals surface area contributed by atoms with E-state index < -0.39 is 22.7 Å². The molecule has 2 heterocycles. The molecule has 0 saturated heterocycles. The van der Waals surface area contributed by atoms with Crippen LogP contribution in [0, 0.1) is 5.92 Å². The third-order valence-electron chi connectivity index (χ3n) is 10.9. The van der Waals surface area contributed by atoms with Gasteiger partial charge >= 0.3 is 0 Å². The standard InChI is InChI=1S/C37H55Cl2N3O4SSi2/c1-22(2)49(23(3)4,24(5)6)46-31-17-28(16-26(31)20-45-48(10,11)37(7,8)9)42-36-30(19-40-21-41-36)34(44)32-18-29(35(39)47-32)33(43)25-13-12-14-27(38)15-25/h12-15,18-19,21-24,26,28,31,33,43H,16-17,20H2,1-11H3,(H,40,41,42)/t26-,28-,31+,33-/m1/s1. The van der Waals surface area contributed by atoms with E-state index in [0.29, 0.717) is 60.0 Å². The quantitative estimate of drug-likeness (QED) is 0.125. The van der Waals surface area contributed by atoms with Crippen LogP contribution in [-0.4, -0.2) is 56.2 Å². The minimum absolute atomic E-state index is 0.0322. The van der Waals surface area contributed by atoms with Crippen molar-refractivity contribution in [3.63, 3.8) is 0 Å². The fourth-order valence-electron chi connectivity index (χ4n) is 7.20. The number of hydrogen-bond donors (Lipinski definition) is 2. The van der Waals surface area contributed by atoms with Crippen molar-refractivity contribution in [2.24, 2.45) is 5.92 Å². The van der Waals surface area contributed by atoms with Crippen LogP contribution in [0.25, 0.3) is 0 Å². The van der Waals surface area contributed by atoms with E-state index in [4.69, 9.17) is 32.1 Å². The number of rotatable bonds is 14. The summed E-state index contributed by atoms with van der Waals surface area (Å²) in [5.74, 6) is 0.438. The van der Waals surface area contributed by atoms with E-state index in [-0.39, 0.29) is 28.9 Å². The van der Waals surface area contributed by atoms with E-state index in [1.54, 1.807) is 36.5 Å². The highest BCUT2D eigenvalue weighted by molar-refractivity contribution is 7.18. The summed E-state index contributed by atoms with van der Waals surface area (Å²) in [6.45, 7) is 26.0. The zero-order chi connectivity index (χ0) is 36.5. The fraction of sp³-hybridized carbons (Fsp3) is 0.595. The summed E-state index contributed by atoms with van der Waals surface area (Å²) in [6, 6.07) is 8.66. The van der Waals surface area contributed by atoms with Crippen LogP contribution in [0.1, 0.15) is 108 Å². The Hall–Kier alpha value is -1.64. The second kappa shape index (κ2) is 15.9. The molecule has 0 spiro atoms. The molecule has 0 amide bonds. The molecule has 2 aromatic heterocycles. The Labute approximate surface area is 309 Å². The summed E-state index contributed by atoms with van der Waals surface area (Å²) in [4.78, 5) is 23.1. The van der Waals surface area contributed by atoms with Crippen molar-refractivity contribution in [1.29, 1.82) is 0 Å². The van der Waals surface area contributed by atoms with Crippen LogP contribution in [0.5, 0.6) is 0 Å². The third kappa shape index (κ3) is 8.88. The molecule has 49 heavy (non-hydrogen) atoms. The largest absolute Gasteiger partial charge is 0.416 e. The molecule has 1 aliphatic carbocycles. The molecule has 1 saturated carbocycles. The average molecular weight is 765 g/mol. The number of aliphatic hydroxyl groups excluding tert-OH is 1. The predicted octanol–water partition coefficient (Wildman–Crippen LogP) is 10.9. The van der Waals surface area contributed by atoms with Crippen LogP contribution in [0.4, 0.5) is 5.82 Å². The van der Waals surface area contributed by atoms with Gasteiger partial charge in [-0.1, -0.05) is 97.6 Å². The Bertz CT molecular complexity index is 1570. The molecule has 0 radical (unpaired) electrons. The van der Waals surface area contributed by atoms with Crippen LogP contribution in [-0.2, 0) is 8.85 Å². The second-order valence-corrected chi connectivity index (χ2v) is 28.3. The summed E-state index contributed by atoms with van der Waals surface area (Å²) < 4.78 is 14.6. The zero-order valence-corrected chi connectivity index (χ0v) is 35.3. The lowest BCUT2D eigenvalue weighted by molar-refractivity contribution is 0.0971. The van der Waals surface area contributed by atoms with Gasteiger partial charge in [0.1, 0.15) is 18.2 Å². The van der Waals surface area contributed by atoms with Gasteiger partial charge in [0.15, 0.2) is 8.32 Å². The van der Waals surface area contributed by atoms with Gasteiger partial charge in [-0.05, 0) is 71.4 Å². The number of ketones is 1. The van der Waals surface area contributed by atoms with Gasteiger partial charge in [-0.15, -0.1) is 11.3 Å². The van der Waals surface area contributed by atoms with Crippen LogP contribution in [0.2, 0.25) is 44.1 Å². The van der Waals surface area contributed by atoms with Gasteiger partial charge in [-0.25, -0.2) is 9.97 Å². The number of benzene rings is 1. The van der Waals surface area contributed by atoms with Crippen LogP contribution < -0.4 is 5.32 Å². The number of anilines is 1. The minimum atomic E-state index is -2.17. The first kappa shape index (κ1) is 40.1. The van der Waals surface area contributed by atoms with Gasteiger partial charge in [-0.2, -0.15) is 0 Å². The predicted molar refractivity (Wildman–Crippen MR) is 210 cm³/mol. The van der Waals surface area contributed by atoms with E-state index in [0.717, 1.165) is 24.2 Å². The van der Waals surface area contributed by atoms with Crippen molar-refractivity contribution in [2.45, 2.75) is 128 Å². The SMILES string of the molecule is CC(C)[Si](O[C@H]1C[C@H](Nc2ncncc2C(=O)c2cc([C@H](O)c3cccc(Cl)c3)c(Cl)s2)C[C@@H]1CO[Si](C)(C)C(C)(C)C)(C(C)C)C(C)C. The molecule has 0 aliphatic heterocycles. The highest BCUT2D eigenvalue weighted by Crippen LogP contribution is 2.47. The molecule has 7 nitrogen and oxygen atoms in total. The van der Waals surface area contributed by atoms with Crippen molar-refractivity contribution < 1.29 is 18.8 Å². The highest BCUT2D eigenvalue weighted by Gasteiger charge is 2.50. The molecule has 1 fully saturated rings. The van der Waals surface area contributed by atoms with Crippen molar-refractivity contribution >= 4 is 62.8 Å². The summed E-state index contributed by atoms with van der Waals surface area (Å²) >= 11 is 13.9. The smallest absolute Gasteiger partial charge is 0.208 e. The Morgan fingerprint density at radius 2 is 1.71 bits per heavy atom. The number of carbonyl (C=O) groups excluding carboxylic acids is 1. The molecule has 2 N–H and O–H groups in total. The maximum Gasteiger partial charge on any atom is 0.208 e. The molecule has 12 heteroatoms. The summed E-state index contributed by atoms with van der Waals surface area (Å²) in [5.41, 5.74) is 2.81. The molecular formula is C37H55Cl2N3O4SSi2. The lowest BCUT2D eigenvalue weighted by Gasteiger charge is -2.45. The number of halogens is 2. The molecule has 0 bridgehead atoms. The summed E-state index contributed by atoms with van der Waals surface area (Å²) in [5, 5.41) is 15.3. The molecule has 3 aromatic rings. The molecular weight excluding hydrogens is 710 g/mol. The van der Waals surface area contributed by atoms with E-state index in [9.17, 15) is 9.90 Å². The van der Waals surface area contributed by atoms with E-state index >= 15 is 0 Å². The van der Waals surface area contributed by atoms with Crippen molar-refractivity contribution in [3.05, 3.63) is 73.8 Å². The normalized spacial score (nSPS) is 19.7. The van der Waals surface area contributed by atoms with Gasteiger partial charge in [0, 0.05) is 35.3 Å². The number of nitrogens with zero attached hydrogens (tertiary/aromatic N) is 2. The number of thiophene rings is 1. The molecule has 4 atom stereocenters. The van der Waals surface area contributed by atoms with Gasteiger partial charge in [-0.3, -0.25) is 4.79 Å². The maximum absolute atomic E-state index is 14.0. The van der Waals surface area contributed by atoms with Crippen molar-refractivity contribution in [1.82, 2.24) is 9.97 Å². The van der Waals surface area contributed by atoms with Crippen LogP contribution >= 0.6 is 34.5 Å². The van der Waals surface area contributed by atoms with Crippen molar-refractivity contribution in [3.8, 4) is 0 Å². The fourth-order valence-corrected chi connectivity index (χ4v) is 15.4. The Morgan fingerprint density at radius 1 is 1.06 bits per heavy atom. The monoisotopic (exact) mass is 763 g/mol.